The molecule has 0 fully saturated rings. The van der Waals surface area contributed by atoms with Crippen LogP contribution in [-0.2, 0) is 17.9 Å². The molecule has 2 aromatic carbocycles. The zero-order valence-corrected chi connectivity index (χ0v) is 15.1. The monoisotopic (exact) mass is 397 g/mol. The number of hydrogen-bond acceptors (Lipinski definition) is 5. The summed E-state index contributed by atoms with van der Waals surface area (Å²) in [6.07, 6.45) is 1.01. The van der Waals surface area contributed by atoms with Crippen molar-refractivity contribution in [1.82, 2.24) is 4.57 Å². The van der Waals surface area contributed by atoms with Crippen LogP contribution in [0.25, 0.3) is 0 Å². The lowest BCUT2D eigenvalue weighted by Gasteiger charge is -2.10. The van der Waals surface area contributed by atoms with Crippen LogP contribution in [0.5, 0.6) is 5.75 Å². The van der Waals surface area contributed by atoms with Crippen molar-refractivity contribution in [2.75, 3.05) is 5.32 Å². The number of nitrogens with one attached hydrogen (secondary N) is 1. The van der Waals surface area contributed by atoms with Gasteiger partial charge in [0.1, 0.15) is 24.7 Å². The van der Waals surface area contributed by atoms with Crippen LogP contribution < -0.4 is 15.6 Å². The maximum absolute atomic E-state index is 13.2. The summed E-state index contributed by atoms with van der Waals surface area (Å²) in [5, 5.41) is 13.4. The SMILES string of the molecule is O=C(Cn1cc([N+](=O)[O-])ccc1=O)Nc1cccc(OCc2cccc(F)c2)c1. The third kappa shape index (κ3) is 5.48. The van der Waals surface area contributed by atoms with Crippen molar-refractivity contribution in [3.63, 3.8) is 0 Å². The number of nitrogens with zero attached hydrogens (tertiary/aromatic N) is 2. The molecule has 0 bridgehead atoms. The molecule has 0 atom stereocenters. The largest absolute Gasteiger partial charge is 0.489 e. The van der Waals surface area contributed by atoms with Crippen LogP contribution in [0.2, 0.25) is 0 Å². The summed E-state index contributed by atoms with van der Waals surface area (Å²) in [4.78, 5) is 34.2. The average Bonchev–Trinajstić information content (AvgIpc) is 2.68. The number of rotatable bonds is 7. The molecule has 3 aromatic rings. The van der Waals surface area contributed by atoms with E-state index < -0.39 is 16.4 Å². The van der Waals surface area contributed by atoms with Crippen molar-refractivity contribution >= 4 is 17.3 Å². The number of carbonyl (C=O) groups excluding carboxylic acids is 1. The molecule has 1 amide bonds. The van der Waals surface area contributed by atoms with Crippen molar-refractivity contribution in [2.24, 2.45) is 0 Å². The number of anilines is 1. The van der Waals surface area contributed by atoms with Gasteiger partial charge < -0.3 is 10.1 Å². The van der Waals surface area contributed by atoms with Gasteiger partial charge in [-0.1, -0.05) is 18.2 Å². The number of halogens is 1. The van der Waals surface area contributed by atoms with Crippen molar-refractivity contribution in [3.05, 3.63) is 98.7 Å². The second-order valence-corrected chi connectivity index (χ2v) is 6.11. The number of carbonyl (C=O) groups is 1. The second kappa shape index (κ2) is 8.79. The Bertz CT molecular complexity index is 1110. The Labute approximate surface area is 164 Å². The standard InChI is InChI=1S/C20H16FN3O5/c21-15-4-1-3-14(9-15)13-29-18-6-2-5-16(10-18)22-19(25)12-23-11-17(24(27)28)7-8-20(23)26/h1-11H,12-13H2,(H,22,25). The maximum atomic E-state index is 13.2. The summed E-state index contributed by atoms with van der Waals surface area (Å²) < 4.78 is 19.8. The van der Waals surface area contributed by atoms with Crippen LogP contribution in [0.1, 0.15) is 5.56 Å². The van der Waals surface area contributed by atoms with Crippen LogP contribution in [0.4, 0.5) is 15.8 Å². The molecule has 148 valence electrons. The Morgan fingerprint density at radius 1 is 1.14 bits per heavy atom. The quantitative estimate of drug-likeness (QED) is 0.487. The Balaban J connectivity index is 1.64. The first-order valence-electron chi connectivity index (χ1n) is 8.53. The van der Waals surface area contributed by atoms with Crippen molar-refractivity contribution in [3.8, 4) is 5.75 Å². The van der Waals surface area contributed by atoms with E-state index in [1.54, 1.807) is 36.4 Å². The van der Waals surface area contributed by atoms with Crippen LogP contribution in [0.3, 0.4) is 0 Å². The molecule has 0 spiro atoms. The van der Waals surface area contributed by atoms with E-state index in [-0.39, 0.29) is 24.7 Å². The van der Waals surface area contributed by atoms with E-state index >= 15 is 0 Å². The molecule has 29 heavy (non-hydrogen) atoms. The minimum atomic E-state index is -0.646. The highest BCUT2D eigenvalue weighted by Gasteiger charge is 2.11. The average molecular weight is 397 g/mol. The van der Waals surface area contributed by atoms with Gasteiger partial charge in [0, 0.05) is 23.9 Å². The highest BCUT2D eigenvalue weighted by Crippen LogP contribution is 2.19. The van der Waals surface area contributed by atoms with Gasteiger partial charge in [0.15, 0.2) is 0 Å². The lowest BCUT2D eigenvalue weighted by molar-refractivity contribution is -0.385. The molecule has 0 aliphatic rings. The molecule has 0 radical (unpaired) electrons. The number of ether oxygens (including phenoxy) is 1. The van der Waals surface area contributed by atoms with E-state index in [0.29, 0.717) is 17.0 Å². The number of hydrogen-bond donors (Lipinski definition) is 1. The predicted octanol–water partition coefficient (Wildman–Crippen LogP) is 3.11. The molecular formula is C20H16FN3O5. The molecule has 0 unspecified atom stereocenters. The van der Waals surface area contributed by atoms with Crippen LogP contribution in [0.15, 0.2) is 71.7 Å². The lowest BCUT2D eigenvalue weighted by atomic mass is 10.2. The first-order chi connectivity index (χ1) is 13.9. The summed E-state index contributed by atoms with van der Waals surface area (Å²) >= 11 is 0. The molecule has 3 rings (SSSR count). The fourth-order valence-corrected chi connectivity index (χ4v) is 2.56. The van der Waals surface area contributed by atoms with Crippen molar-refractivity contribution in [2.45, 2.75) is 13.2 Å². The number of aromatic nitrogens is 1. The van der Waals surface area contributed by atoms with Gasteiger partial charge in [-0.3, -0.25) is 24.3 Å². The van der Waals surface area contributed by atoms with Gasteiger partial charge in [-0.15, -0.1) is 0 Å². The van der Waals surface area contributed by atoms with E-state index in [1.807, 2.05) is 0 Å². The van der Waals surface area contributed by atoms with Gasteiger partial charge in [-0.05, 0) is 29.8 Å². The predicted molar refractivity (Wildman–Crippen MR) is 103 cm³/mol. The minimum Gasteiger partial charge on any atom is -0.489 e. The molecule has 1 heterocycles. The first-order valence-corrected chi connectivity index (χ1v) is 8.53. The summed E-state index contributed by atoms with van der Waals surface area (Å²) in [7, 11) is 0. The number of nitro groups is 1. The van der Waals surface area contributed by atoms with Gasteiger partial charge in [0.25, 0.3) is 11.2 Å². The fourth-order valence-electron chi connectivity index (χ4n) is 2.56. The van der Waals surface area contributed by atoms with Crippen molar-refractivity contribution < 1.29 is 18.8 Å². The highest BCUT2D eigenvalue weighted by atomic mass is 19.1. The highest BCUT2D eigenvalue weighted by molar-refractivity contribution is 5.90. The molecule has 1 aromatic heterocycles. The second-order valence-electron chi connectivity index (χ2n) is 6.11. The Morgan fingerprint density at radius 3 is 2.69 bits per heavy atom. The molecule has 8 nitrogen and oxygen atoms in total. The third-order valence-electron chi connectivity index (χ3n) is 3.90. The Kier molecular flexibility index (Phi) is 5.98. The van der Waals surface area contributed by atoms with Gasteiger partial charge >= 0.3 is 0 Å². The summed E-state index contributed by atoms with van der Waals surface area (Å²) in [6.45, 7) is -0.229. The molecule has 0 saturated carbocycles. The number of amides is 1. The third-order valence-corrected chi connectivity index (χ3v) is 3.90. The Morgan fingerprint density at radius 2 is 1.93 bits per heavy atom. The van der Waals surface area contributed by atoms with Crippen LogP contribution >= 0.6 is 0 Å². The topological polar surface area (TPSA) is 103 Å². The lowest BCUT2D eigenvalue weighted by Crippen LogP contribution is -2.26. The Hall–Kier alpha value is -4.01. The van der Waals surface area contributed by atoms with Crippen LogP contribution in [-0.4, -0.2) is 15.4 Å². The van der Waals surface area contributed by atoms with Crippen LogP contribution in [0, 0.1) is 15.9 Å². The van der Waals surface area contributed by atoms with Crippen molar-refractivity contribution in [1.29, 1.82) is 0 Å². The van der Waals surface area contributed by atoms with Gasteiger partial charge in [0.2, 0.25) is 5.91 Å². The summed E-state index contributed by atoms with van der Waals surface area (Å²) in [5.74, 6) is -0.432. The number of pyridine rings is 1. The molecule has 0 aliphatic carbocycles. The normalized spacial score (nSPS) is 10.4. The zero-order valence-electron chi connectivity index (χ0n) is 15.1. The van der Waals surface area contributed by atoms with E-state index in [2.05, 4.69) is 5.32 Å². The number of benzene rings is 2. The molecule has 9 heteroatoms. The summed E-state index contributed by atoms with van der Waals surface area (Å²) in [5.41, 5.74) is 0.262. The van der Waals surface area contributed by atoms with Gasteiger partial charge in [-0.25, -0.2) is 4.39 Å². The van der Waals surface area contributed by atoms with E-state index in [0.717, 1.165) is 22.9 Å². The van der Waals surface area contributed by atoms with Gasteiger partial charge in [0.05, 0.1) is 11.1 Å². The molecular weight excluding hydrogens is 381 g/mol. The maximum Gasteiger partial charge on any atom is 0.285 e. The molecule has 0 aliphatic heterocycles. The van der Waals surface area contributed by atoms with Gasteiger partial charge in [-0.2, -0.15) is 0 Å². The van der Waals surface area contributed by atoms with E-state index in [4.69, 9.17) is 4.74 Å². The smallest absolute Gasteiger partial charge is 0.285 e. The zero-order chi connectivity index (χ0) is 20.8. The molecule has 1 N–H and O–H groups in total. The van der Waals surface area contributed by atoms with E-state index in [9.17, 15) is 24.1 Å². The summed E-state index contributed by atoms with van der Waals surface area (Å²) in [6, 6.07) is 14.7. The van der Waals surface area contributed by atoms with E-state index in [1.165, 1.54) is 12.1 Å². The minimum absolute atomic E-state index is 0.151. The first kappa shape index (κ1) is 19.7. The fraction of sp³-hybridized carbons (Fsp3) is 0.100. The molecule has 0 saturated heterocycles.